The molecular formula is C10H13BrF3NO2S2. The van der Waals surface area contributed by atoms with Gasteiger partial charge >= 0.3 is 6.18 Å². The van der Waals surface area contributed by atoms with Crippen molar-refractivity contribution < 1.29 is 21.6 Å². The predicted octanol–water partition coefficient (Wildman–Crippen LogP) is 3.26. The first-order valence-corrected chi connectivity index (χ1v) is 8.80. The van der Waals surface area contributed by atoms with Gasteiger partial charge in [-0.1, -0.05) is 22.9 Å². The van der Waals surface area contributed by atoms with E-state index in [2.05, 4.69) is 15.9 Å². The average molecular weight is 380 g/mol. The molecule has 0 unspecified atom stereocenters. The summed E-state index contributed by atoms with van der Waals surface area (Å²) < 4.78 is 62.0. The van der Waals surface area contributed by atoms with Crippen molar-refractivity contribution in [3.05, 3.63) is 17.0 Å². The number of hydrogen-bond acceptors (Lipinski definition) is 3. The lowest BCUT2D eigenvalue weighted by atomic mass is 10.4. The second-order valence-corrected chi connectivity index (χ2v) is 7.84. The molecule has 0 N–H and O–H groups in total. The fourth-order valence-electron chi connectivity index (χ4n) is 1.39. The smallest absolute Gasteiger partial charge is 0.206 e. The van der Waals surface area contributed by atoms with E-state index >= 15 is 0 Å². The van der Waals surface area contributed by atoms with Gasteiger partial charge in [0.1, 0.15) is 10.8 Å². The normalized spacial score (nSPS) is 13.2. The average Bonchev–Trinajstić information content (AvgIpc) is 2.75. The lowest BCUT2D eigenvalue weighted by Crippen LogP contribution is -2.39. The summed E-state index contributed by atoms with van der Waals surface area (Å²) in [6.45, 7) is 0.162. The summed E-state index contributed by atoms with van der Waals surface area (Å²) in [5.74, 6) is 0. The Labute approximate surface area is 122 Å². The molecule has 0 atom stereocenters. The van der Waals surface area contributed by atoms with Gasteiger partial charge < -0.3 is 0 Å². The van der Waals surface area contributed by atoms with Gasteiger partial charge in [0.15, 0.2) is 0 Å². The molecule has 0 saturated carbocycles. The summed E-state index contributed by atoms with van der Waals surface area (Å²) in [6, 6.07) is 2.98. The molecule has 0 aliphatic carbocycles. The predicted molar refractivity (Wildman–Crippen MR) is 72.3 cm³/mol. The molecule has 0 aliphatic rings. The van der Waals surface area contributed by atoms with Gasteiger partial charge in [0, 0.05) is 16.8 Å². The Balaban J connectivity index is 3.05. The third kappa shape index (κ3) is 4.73. The van der Waals surface area contributed by atoms with Gasteiger partial charge in [0.25, 0.3) is 10.0 Å². The molecule has 0 saturated heterocycles. The van der Waals surface area contributed by atoms with Gasteiger partial charge in [-0.05, 0) is 18.6 Å². The number of alkyl halides is 4. The first-order valence-electron chi connectivity index (χ1n) is 5.42. The fraction of sp³-hybridized carbons (Fsp3) is 0.600. The number of thiophene rings is 1. The van der Waals surface area contributed by atoms with Gasteiger partial charge in [-0.25, -0.2) is 8.42 Å². The van der Waals surface area contributed by atoms with E-state index in [0.29, 0.717) is 10.7 Å². The topological polar surface area (TPSA) is 37.4 Å². The first kappa shape index (κ1) is 16.9. The van der Waals surface area contributed by atoms with Crippen molar-refractivity contribution in [3.63, 3.8) is 0 Å². The van der Waals surface area contributed by atoms with Crippen molar-refractivity contribution in [1.29, 1.82) is 0 Å². The van der Waals surface area contributed by atoms with E-state index in [1.807, 2.05) is 6.92 Å². The molecule has 110 valence electrons. The zero-order chi connectivity index (χ0) is 14.7. The Morgan fingerprint density at radius 2 is 2.00 bits per heavy atom. The SMILES string of the molecule is CCc1ccc(S(=O)(=O)N(CCBr)CC(F)(F)F)s1. The zero-order valence-electron chi connectivity index (χ0n) is 10.1. The molecule has 0 aliphatic heterocycles. The Morgan fingerprint density at radius 1 is 1.37 bits per heavy atom. The Bertz CT molecular complexity index is 513. The van der Waals surface area contributed by atoms with E-state index < -0.39 is 22.7 Å². The van der Waals surface area contributed by atoms with E-state index in [1.54, 1.807) is 6.07 Å². The number of hydrogen-bond donors (Lipinski definition) is 0. The Hall–Kier alpha value is -0.120. The molecule has 19 heavy (non-hydrogen) atoms. The van der Waals surface area contributed by atoms with Crippen molar-refractivity contribution in [1.82, 2.24) is 4.31 Å². The molecule has 1 aromatic rings. The molecule has 0 spiro atoms. The summed E-state index contributed by atoms with van der Waals surface area (Å²) in [5.41, 5.74) is 0. The van der Waals surface area contributed by atoms with E-state index in [0.717, 1.165) is 16.2 Å². The highest BCUT2D eigenvalue weighted by atomic mass is 79.9. The minimum Gasteiger partial charge on any atom is -0.206 e. The third-order valence-corrected chi connectivity index (χ3v) is 6.17. The zero-order valence-corrected chi connectivity index (χ0v) is 13.3. The first-order chi connectivity index (χ1) is 8.70. The van der Waals surface area contributed by atoms with Crippen LogP contribution in [0.3, 0.4) is 0 Å². The maximum Gasteiger partial charge on any atom is 0.402 e. The van der Waals surface area contributed by atoms with Crippen LogP contribution >= 0.6 is 27.3 Å². The van der Waals surface area contributed by atoms with Crippen molar-refractivity contribution in [2.45, 2.75) is 23.7 Å². The molecule has 0 fully saturated rings. The van der Waals surface area contributed by atoms with Crippen LogP contribution in [0.1, 0.15) is 11.8 Å². The minimum absolute atomic E-state index is 0.0467. The molecule has 0 amide bonds. The largest absolute Gasteiger partial charge is 0.402 e. The quantitative estimate of drug-likeness (QED) is 0.711. The lowest BCUT2D eigenvalue weighted by Gasteiger charge is -2.21. The van der Waals surface area contributed by atoms with Crippen LogP contribution in [0.2, 0.25) is 0 Å². The second-order valence-electron chi connectivity index (χ2n) is 3.72. The highest BCUT2D eigenvalue weighted by Crippen LogP contribution is 2.27. The number of sulfonamides is 1. The second kappa shape index (κ2) is 6.55. The number of halogens is 4. The van der Waals surface area contributed by atoms with Crippen LogP contribution in [-0.4, -0.2) is 37.3 Å². The molecule has 1 heterocycles. The minimum atomic E-state index is -4.56. The maximum atomic E-state index is 12.4. The molecular weight excluding hydrogens is 367 g/mol. The summed E-state index contributed by atoms with van der Waals surface area (Å²) in [6.07, 6.45) is -3.90. The maximum absolute atomic E-state index is 12.4. The van der Waals surface area contributed by atoms with E-state index in [-0.39, 0.29) is 16.1 Å². The summed E-state index contributed by atoms with van der Waals surface area (Å²) in [4.78, 5) is 0.823. The molecule has 3 nitrogen and oxygen atoms in total. The van der Waals surface area contributed by atoms with Crippen molar-refractivity contribution in [2.24, 2.45) is 0 Å². The van der Waals surface area contributed by atoms with E-state index in [1.165, 1.54) is 6.07 Å². The molecule has 1 rings (SSSR count). The summed E-state index contributed by atoms with van der Waals surface area (Å²) >= 11 is 3.98. The molecule has 0 bridgehead atoms. The van der Waals surface area contributed by atoms with Gasteiger partial charge in [0.05, 0.1) is 0 Å². The fourth-order valence-corrected chi connectivity index (χ4v) is 4.93. The monoisotopic (exact) mass is 379 g/mol. The van der Waals surface area contributed by atoms with Gasteiger partial charge in [-0.3, -0.25) is 0 Å². The standard InChI is InChI=1S/C10H13BrF3NO2S2/c1-2-8-3-4-9(18-8)19(16,17)15(6-5-11)7-10(12,13)14/h3-4H,2,5-7H2,1H3. The lowest BCUT2D eigenvalue weighted by molar-refractivity contribution is -0.135. The van der Waals surface area contributed by atoms with Crippen LogP contribution in [0.5, 0.6) is 0 Å². The van der Waals surface area contributed by atoms with Crippen LogP contribution in [-0.2, 0) is 16.4 Å². The van der Waals surface area contributed by atoms with E-state index in [4.69, 9.17) is 0 Å². The van der Waals surface area contributed by atoms with Crippen LogP contribution in [0.4, 0.5) is 13.2 Å². The summed E-state index contributed by atoms with van der Waals surface area (Å²) in [7, 11) is -4.08. The number of aryl methyl sites for hydroxylation is 1. The molecule has 9 heteroatoms. The van der Waals surface area contributed by atoms with Crippen molar-refractivity contribution in [3.8, 4) is 0 Å². The highest BCUT2D eigenvalue weighted by molar-refractivity contribution is 9.09. The third-order valence-electron chi connectivity index (χ3n) is 2.27. The summed E-state index contributed by atoms with van der Waals surface area (Å²) in [5, 5.41) is 0.147. The van der Waals surface area contributed by atoms with Crippen LogP contribution < -0.4 is 0 Å². The van der Waals surface area contributed by atoms with Crippen molar-refractivity contribution >= 4 is 37.3 Å². The number of rotatable bonds is 6. The number of nitrogens with zero attached hydrogens (tertiary/aromatic N) is 1. The van der Waals surface area contributed by atoms with Gasteiger partial charge in [0.2, 0.25) is 0 Å². The van der Waals surface area contributed by atoms with Crippen molar-refractivity contribution in [2.75, 3.05) is 18.4 Å². The van der Waals surface area contributed by atoms with Gasteiger partial charge in [-0.15, -0.1) is 11.3 Å². The van der Waals surface area contributed by atoms with Crippen LogP contribution in [0.25, 0.3) is 0 Å². The molecule has 1 aromatic heterocycles. The molecule has 0 aromatic carbocycles. The van der Waals surface area contributed by atoms with Gasteiger partial charge in [-0.2, -0.15) is 17.5 Å². The Kier molecular flexibility index (Phi) is 5.84. The molecule has 0 radical (unpaired) electrons. The van der Waals surface area contributed by atoms with E-state index in [9.17, 15) is 21.6 Å². The highest BCUT2D eigenvalue weighted by Gasteiger charge is 2.37. The van der Waals surface area contributed by atoms with Crippen LogP contribution in [0.15, 0.2) is 16.3 Å². The Morgan fingerprint density at radius 3 is 2.42 bits per heavy atom. The van der Waals surface area contributed by atoms with Crippen LogP contribution in [0, 0.1) is 0 Å².